The van der Waals surface area contributed by atoms with Gasteiger partial charge in [0.15, 0.2) is 0 Å². The third-order valence-electron chi connectivity index (χ3n) is 0.373. The van der Waals surface area contributed by atoms with E-state index in [2.05, 4.69) is 26.7 Å². The highest BCUT2D eigenvalue weighted by atomic mass is 79.9. The van der Waals surface area contributed by atoms with Crippen molar-refractivity contribution in [3.63, 3.8) is 0 Å². The first-order valence-electron chi connectivity index (χ1n) is 1.78. The molecule has 0 aromatic rings. The highest BCUT2D eigenvalue weighted by Gasteiger charge is 1.64. The number of halogens is 1. The minimum absolute atomic E-state index is 0.880. The summed E-state index contributed by atoms with van der Waals surface area (Å²) in [6.07, 6.45) is 2.89. The van der Waals surface area contributed by atoms with Gasteiger partial charge < -0.3 is 0 Å². The molecule has 6 heavy (non-hydrogen) atoms. The van der Waals surface area contributed by atoms with Crippen molar-refractivity contribution in [1.29, 1.82) is 0 Å². The fraction of sp³-hybridized carbons (Fsp3) is 0.400. The maximum absolute atomic E-state index is 2.97. The van der Waals surface area contributed by atoms with Gasteiger partial charge in [-0.25, -0.2) is 0 Å². The zero-order chi connectivity index (χ0) is 4.83. The molecule has 0 nitrogen and oxygen atoms in total. The van der Waals surface area contributed by atoms with Crippen LogP contribution in [0, 0.1) is 17.2 Å². The van der Waals surface area contributed by atoms with E-state index < -0.39 is 0 Å². The molecule has 0 saturated carbocycles. The lowest BCUT2D eigenvalue weighted by molar-refractivity contribution is 1.26. The zero-order valence-electron chi connectivity index (χ0n) is 3.66. The van der Waals surface area contributed by atoms with Crippen LogP contribution in [0.15, 0.2) is 0 Å². The van der Waals surface area contributed by atoms with E-state index in [9.17, 15) is 0 Å². The Morgan fingerprint density at radius 3 is 2.67 bits per heavy atom. The normalized spacial score (nSPS) is 6.33. The molecule has 0 bridgehead atoms. The van der Waals surface area contributed by atoms with Gasteiger partial charge in [0, 0.05) is 22.4 Å². The Balaban J connectivity index is 2.79. The quantitative estimate of drug-likeness (QED) is 0.496. The van der Waals surface area contributed by atoms with Crippen molar-refractivity contribution < 1.29 is 0 Å². The van der Waals surface area contributed by atoms with Gasteiger partial charge in [-0.2, -0.15) is 0 Å². The molecule has 0 aliphatic rings. The van der Waals surface area contributed by atoms with Crippen LogP contribution in [0.1, 0.15) is 13.3 Å². The van der Waals surface area contributed by atoms with E-state index in [1.165, 1.54) is 0 Å². The Bertz CT molecular complexity index is 65.7. The van der Waals surface area contributed by atoms with E-state index in [1.54, 1.807) is 0 Å². The number of hydrogen-bond acceptors (Lipinski definition) is 0. The van der Waals surface area contributed by atoms with Crippen LogP contribution >= 0.6 is 15.9 Å². The van der Waals surface area contributed by atoms with Gasteiger partial charge in [-0.3, -0.25) is 0 Å². The summed E-state index contributed by atoms with van der Waals surface area (Å²) < 4.78 is 0. The van der Waals surface area contributed by atoms with E-state index in [0.29, 0.717) is 0 Å². The van der Waals surface area contributed by atoms with Gasteiger partial charge in [0.1, 0.15) is 0 Å². The molecule has 0 saturated heterocycles. The molecule has 0 spiro atoms. The SMILES string of the molecule is C[CH]CC#CBr. The average molecular weight is 146 g/mol. The van der Waals surface area contributed by atoms with Crippen LogP contribution in [0.4, 0.5) is 0 Å². The van der Waals surface area contributed by atoms with Gasteiger partial charge in [0.05, 0.1) is 0 Å². The fourth-order valence-corrected chi connectivity index (χ4v) is 0.303. The summed E-state index contributed by atoms with van der Waals surface area (Å²) in [5.41, 5.74) is 0. The van der Waals surface area contributed by atoms with Crippen LogP contribution in [-0.4, -0.2) is 0 Å². The summed E-state index contributed by atoms with van der Waals surface area (Å²) in [6, 6.07) is 0. The maximum Gasteiger partial charge on any atom is 0.0126 e. The van der Waals surface area contributed by atoms with Crippen LogP contribution in [0.2, 0.25) is 0 Å². The Labute approximate surface area is 47.1 Å². The van der Waals surface area contributed by atoms with Crippen LogP contribution in [0.5, 0.6) is 0 Å². The Morgan fingerprint density at radius 2 is 2.50 bits per heavy atom. The molecule has 0 N–H and O–H groups in total. The van der Waals surface area contributed by atoms with E-state index in [-0.39, 0.29) is 0 Å². The first-order valence-corrected chi connectivity index (χ1v) is 2.57. The van der Waals surface area contributed by atoms with E-state index in [4.69, 9.17) is 0 Å². The van der Waals surface area contributed by atoms with Crippen LogP contribution in [-0.2, 0) is 0 Å². The molecule has 33 valence electrons. The maximum atomic E-state index is 2.97. The Kier molecular flexibility index (Phi) is 5.07. The summed E-state index contributed by atoms with van der Waals surface area (Å²) in [6.45, 7) is 1.98. The molecule has 0 atom stereocenters. The third kappa shape index (κ3) is 4.04. The second-order valence-corrected chi connectivity index (χ2v) is 1.28. The molecule has 0 aliphatic carbocycles. The number of unbranched alkanes of at least 4 members (excludes halogenated alkanes) is 1. The summed E-state index contributed by atoms with van der Waals surface area (Å²) in [4.78, 5) is 2.60. The van der Waals surface area contributed by atoms with Crippen LogP contribution < -0.4 is 0 Å². The predicted octanol–water partition coefficient (Wildman–Crippen LogP) is 1.96. The number of hydrogen-bond donors (Lipinski definition) is 0. The number of rotatable bonds is 1. The van der Waals surface area contributed by atoms with Crippen LogP contribution in [0.25, 0.3) is 0 Å². The summed E-state index contributed by atoms with van der Waals surface area (Å²) >= 11 is 2.97. The summed E-state index contributed by atoms with van der Waals surface area (Å²) in [5, 5.41) is 0. The van der Waals surface area contributed by atoms with Gasteiger partial charge in [0.2, 0.25) is 0 Å². The molecular weight excluding hydrogens is 140 g/mol. The van der Waals surface area contributed by atoms with Crippen molar-refractivity contribution in [1.82, 2.24) is 0 Å². The molecule has 0 rings (SSSR count). The lowest BCUT2D eigenvalue weighted by Crippen LogP contribution is -1.57. The highest BCUT2D eigenvalue weighted by molar-refractivity contribution is 9.12. The Hall–Kier alpha value is 0.0400. The first-order chi connectivity index (χ1) is 2.91. The molecule has 0 amide bonds. The van der Waals surface area contributed by atoms with Crippen molar-refractivity contribution in [3.05, 3.63) is 6.42 Å². The largest absolute Gasteiger partial charge is 0.0905 e. The van der Waals surface area contributed by atoms with Crippen molar-refractivity contribution in [3.8, 4) is 10.8 Å². The van der Waals surface area contributed by atoms with Crippen molar-refractivity contribution in [2.75, 3.05) is 0 Å². The van der Waals surface area contributed by atoms with Gasteiger partial charge in [-0.15, -0.1) is 0 Å². The first kappa shape index (κ1) is 6.04. The van der Waals surface area contributed by atoms with E-state index in [1.807, 2.05) is 13.3 Å². The van der Waals surface area contributed by atoms with E-state index >= 15 is 0 Å². The lowest BCUT2D eigenvalue weighted by atomic mass is 10.4. The molecule has 0 aliphatic heterocycles. The van der Waals surface area contributed by atoms with Gasteiger partial charge in [-0.05, 0) is 11.3 Å². The highest BCUT2D eigenvalue weighted by Crippen LogP contribution is 1.80. The van der Waals surface area contributed by atoms with Gasteiger partial charge in [-0.1, -0.05) is 12.8 Å². The van der Waals surface area contributed by atoms with Crippen molar-refractivity contribution in [2.24, 2.45) is 0 Å². The Morgan fingerprint density at radius 1 is 1.83 bits per heavy atom. The molecule has 0 aromatic heterocycles. The lowest BCUT2D eigenvalue weighted by Gasteiger charge is -1.70. The van der Waals surface area contributed by atoms with Crippen LogP contribution in [0.3, 0.4) is 0 Å². The topological polar surface area (TPSA) is 0 Å². The zero-order valence-corrected chi connectivity index (χ0v) is 5.25. The standard InChI is InChI=1S/C5H6Br/c1-2-3-4-5-6/h2H,3H2,1H3. The molecule has 1 heteroatoms. The second kappa shape index (κ2) is 5.04. The summed E-state index contributed by atoms with van der Waals surface area (Å²) in [7, 11) is 0. The molecular formula is C5H6Br. The van der Waals surface area contributed by atoms with Gasteiger partial charge in [0.25, 0.3) is 0 Å². The van der Waals surface area contributed by atoms with Gasteiger partial charge >= 0.3 is 0 Å². The minimum atomic E-state index is 0.880. The van der Waals surface area contributed by atoms with E-state index in [0.717, 1.165) is 6.42 Å². The molecule has 0 heterocycles. The predicted molar refractivity (Wildman–Crippen MR) is 31.3 cm³/mol. The van der Waals surface area contributed by atoms with Crippen molar-refractivity contribution in [2.45, 2.75) is 13.3 Å². The minimum Gasteiger partial charge on any atom is -0.0905 e. The molecule has 0 fully saturated rings. The third-order valence-corrected chi connectivity index (χ3v) is 0.653. The molecule has 0 unspecified atom stereocenters. The summed E-state index contributed by atoms with van der Waals surface area (Å²) in [5.74, 6) is 2.81. The molecule has 1 radical (unpaired) electrons. The molecule has 0 aromatic carbocycles. The average Bonchev–Trinajstić information content (AvgIpc) is 1.61. The van der Waals surface area contributed by atoms with Crippen molar-refractivity contribution >= 4 is 15.9 Å². The smallest absolute Gasteiger partial charge is 0.0126 e. The fourth-order valence-electron chi connectivity index (χ4n) is 0.141. The monoisotopic (exact) mass is 145 g/mol. The second-order valence-electron chi connectivity index (χ2n) is 0.884.